The highest BCUT2D eigenvalue weighted by atomic mass is 19.4. The minimum absolute atomic E-state index is 0.0214. The summed E-state index contributed by atoms with van der Waals surface area (Å²) in [6.45, 7) is -0.160. The number of nitrogens with zero attached hydrogens (tertiary/aromatic N) is 2. The van der Waals surface area contributed by atoms with Crippen LogP contribution in [0.15, 0.2) is 52.9 Å². The van der Waals surface area contributed by atoms with E-state index >= 15 is 0 Å². The van der Waals surface area contributed by atoms with Crippen molar-refractivity contribution >= 4 is 23.3 Å². The molecule has 1 amide bonds. The van der Waals surface area contributed by atoms with Gasteiger partial charge in [0.25, 0.3) is 5.89 Å². The lowest BCUT2D eigenvalue weighted by atomic mass is 10.1. The minimum atomic E-state index is -4.39. The Morgan fingerprint density at radius 1 is 1.07 bits per heavy atom. The summed E-state index contributed by atoms with van der Waals surface area (Å²) in [5, 5.41) is 13.3. The Morgan fingerprint density at radius 2 is 1.78 bits per heavy atom. The Hall–Kier alpha value is -3.56. The molecule has 0 unspecified atom stereocenters. The van der Waals surface area contributed by atoms with Gasteiger partial charge in [-0.15, -0.1) is 5.10 Å². The number of para-hydroxylation sites is 1. The molecule has 2 aromatic carbocycles. The molecular weight excluding hydrogens is 363 g/mol. The number of carbonyl (C=O) groups excluding carboxylic acids is 1. The van der Waals surface area contributed by atoms with E-state index in [9.17, 15) is 18.0 Å². The van der Waals surface area contributed by atoms with Gasteiger partial charge < -0.3 is 20.8 Å². The molecular formula is C17H14F3N5O2. The third kappa shape index (κ3) is 4.54. The van der Waals surface area contributed by atoms with Crippen molar-refractivity contribution in [2.24, 2.45) is 5.73 Å². The predicted octanol–water partition coefficient (Wildman–Crippen LogP) is 3.40. The van der Waals surface area contributed by atoms with Crippen molar-refractivity contribution in [2.45, 2.75) is 6.18 Å². The van der Waals surface area contributed by atoms with Gasteiger partial charge in [0.05, 0.1) is 23.4 Å². The number of hydrogen-bond acceptors (Lipinski definition) is 6. The Labute approximate surface area is 151 Å². The molecule has 0 fully saturated rings. The third-order valence-corrected chi connectivity index (χ3v) is 3.49. The highest BCUT2D eigenvalue weighted by Gasteiger charge is 2.29. The summed E-state index contributed by atoms with van der Waals surface area (Å²) in [7, 11) is 0. The Morgan fingerprint density at radius 3 is 2.44 bits per heavy atom. The zero-order valence-electron chi connectivity index (χ0n) is 13.7. The van der Waals surface area contributed by atoms with Crippen molar-refractivity contribution < 1.29 is 22.4 Å². The van der Waals surface area contributed by atoms with Crippen molar-refractivity contribution in [3.63, 3.8) is 0 Å². The van der Waals surface area contributed by atoms with Crippen LogP contribution in [0.4, 0.5) is 30.6 Å². The second kappa shape index (κ2) is 7.36. The molecule has 0 saturated heterocycles. The molecule has 0 radical (unpaired) electrons. The van der Waals surface area contributed by atoms with Gasteiger partial charge in [-0.05, 0) is 36.4 Å². The van der Waals surface area contributed by atoms with Crippen LogP contribution in [-0.2, 0) is 11.0 Å². The molecule has 0 atom stereocenters. The lowest BCUT2D eigenvalue weighted by Crippen LogP contribution is -2.21. The maximum Gasteiger partial charge on any atom is 0.416 e. The quantitative estimate of drug-likeness (QED) is 0.608. The molecule has 1 aromatic heterocycles. The zero-order valence-corrected chi connectivity index (χ0v) is 13.7. The van der Waals surface area contributed by atoms with Crippen molar-refractivity contribution in [2.75, 3.05) is 17.2 Å². The van der Waals surface area contributed by atoms with Crippen molar-refractivity contribution in [3.05, 3.63) is 54.1 Å². The summed E-state index contributed by atoms with van der Waals surface area (Å²) >= 11 is 0. The average molecular weight is 377 g/mol. The summed E-state index contributed by atoms with van der Waals surface area (Å²) in [6.07, 6.45) is -4.39. The summed E-state index contributed by atoms with van der Waals surface area (Å²) in [5.41, 5.74) is 5.86. The van der Waals surface area contributed by atoms with Crippen molar-refractivity contribution in [1.82, 2.24) is 10.2 Å². The second-order valence-corrected chi connectivity index (χ2v) is 5.48. The molecule has 3 rings (SSSR count). The standard InChI is InChI=1S/C17H14F3N5O2/c18-17(19,20)10-5-7-11(8-6-10)23-13-4-2-1-3-12(13)15-24-25-16(27-15)22-9-14(21)26/h1-8,23H,9H2,(H2,21,26)(H,22,25). The van der Waals surface area contributed by atoms with E-state index in [1.54, 1.807) is 24.3 Å². The molecule has 7 nitrogen and oxygen atoms in total. The van der Waals surface area contributed by atoms with E-state index in [1.165, 1.54) is 12.1 Å². The van der Waals surface area contributed by atoms with E-state index < -0.39 is 17.6 Å². The van der Waals surface area contributed by atoms with E-state index in [2.05, 4.69) is 20.8 Å². The summed E-state index contributed by atoms with van der Waals surface area (Å²) < 4.78 is 43.4. The van der Waals surface area contributed by atoms with E-state index in [1.807, 2.05) is 0 Å². The van der Waals surface area contributed by atoms with Gasteiger partial charge in [0, 0.05) is 5.69 Å². The number of benzene rings is 2. The van der Waals surface area contributed by atoms with Crippen LogP contribution in [0.5, 0.6) is 0 Å². The number of anilines is 3. The van der Waals surface area contributed by atoms with Crippen LogP contribution in [0.1, 0.15) is 5.56 Å². The number of hydrogen-bond donors (Lipinski definition) is 3. The topological polar surface area (TPSA) is 106 Å². The summed E-state index contributed by atoms with van der Waals surface area (Å²) in [6, 6.07) is 11.6. The van der Waals surface area contributed by atoms with Gasteiger partial charge in [0.2, 0.25) is 5.91 Å². The van der Waals surface area contributed by atoms with Crippen LogP contribution in [0.2, 0.25) is 0 Å². The van der Waals surface area contributed by atoms with Crippen LogP contribution in [0.25, 0.3) is 11.5 Å². The fourth-order valence-corrected chi connectivity index (χ4v) is 2.24. The lowest BCUT2D eigenvalue weighted by molar-refractivity contribution is -0.137. The first kappa shape index (κ1) is 18.2. The fraction of sp³-hybridized carbons (Fsp3) is 0.118. The van der Waals surface area contributed by atoms with E-state index in [4.69, 9.17) is 10.2 Å². The highest BCUT2D eigenvalue weighted by Crippen LogP contribution is 2.32. The number of nitrogens with two attached hydrogens (primary N) is 1. The van der Waals surface area contributed by atoms with Crippen molar-refractivity contribution in [3.8, 4) is 11.5 Å². The molecule has 4 N–H and O–H groups in total. The second-order valence-electron chi connectivity index (χ2n) is 5.48. The van der Waals surface area contributed by atoms with Crippen LogP contribution in [-0.4, -0.2) is 22.6 Å². The molecule has 3 aromatic rings. The molecule has 0 saturated carbocycles. The summed E-state index contributed by atoms with van der Waals surface area (Å²) in [4.78, 5) is 10.8. The first-order valence-corrected chi connectivity index (χ1v) is 7.72. The Balaban J connectivity index is 1.81. The molecule has 1 heterocycles. The molecule has 140 valence electrons. The van der Waals surface area contributed by atoms with E-state index in [-0.39, 0.29) is 18.5 Å². The number of aromatic nitrogens is 2. The molecule has 10 heteroatoms. The van der Waals surface area contributed by atoms with Gasteiger partial charge in [0.1, 0.15) is 0 Å². The van der Waals surface area contributed by atoms with Gasteiger partial charge in [-0.2, -0.15) is 13.2 Å². The molecule has 0 aliphatic heterocycles. The number of carbonyl (C=O) groups is 1. The maximum atomic E-state index is 12.7. The van der Waals surface area contributed by atoms with E-state index in [0.29, 0.717) is 16.9 Å². The van der Waals surface area contributed by atoms with E-state index in [0.717, 1.165) is 12.1 Å². The first-order valence-electron chi connectivity index (χ1n) is 7.72. The van der Waals surface area contributed by atoms with Crippen LogP contribution >= 0.6 is 0 Å². The lowest BCUT2D eigenvalue weighted by Gasteiger charge is -2.11. The van der Waals surface area contributed by atoms with Crippen LogP contribution < -0.4 is 16.4 Å². The van der Waals surface area contributed by atoms with Gasteiger partial charge in [-0.1, -0.05) is 17.2 Å². The predicted molar refractivity (Wildman–Crippen MR) is 92.1 cm³/mol. The first-order chi connectivity index (χ1) is 12.8. The molecule has 0 spiro atoms. The zero-order chi connectivity index (χ0) is 19.4. The number of amides is 1. The smallest absolute Gasteiger partial charge is 0.403 e. The number of halogens is 3. The van der Waals surface area contributed by atoms with Crippen LogP contribution in [0, 0.1) is 0 Å². The third-order valence-electron chi connectivity index (χ3n) is 3.49. The monoisotopic (exact) mass is 377 g/mol. The van der Waals surface area contributed by atoms with Crippen LogP contribution in [0.3, 0.4) is 0 Å². The molecule has 27 heavy (non-hydrogen) atoms. The van der Waals surface area contributed by atoms with Crippen molar-refractivity contribution in [1.29, 1.82) is 0 Å². The number of nitrogens with one attached hydrogen (secondary N) is 2. The van der Waals surface area contributed by atoms with Gasteiger partial charge >= 0.3 is 12.2 Å². The molecule has 0 aliphatic rings. The fourth-order valence-electron chi connectivity index (χ4n) is 2.24. The Kier molecular flexibility index (Phi) is 4.97. The SMILES string of the molecule is NC(=O)CNc1nnc(-c2ccccc2Nc2ccc(C(F)(F)F)cc2)o1. The average Bonchev–Trinajstić information content (AvgIpc) is 3.09. The Bertz CT molecular complexity index is 938. The largest absolute Gasteiger partial charge is 0.416 e. The number of alkyl halides is 3. The normalized spacial score (nSPS) is 11.2. The molecule has 0 bridgehead atoms. The van der Waals surface area contributed by atoms with Gasteiger partial charge in [-0.3, -0.25) is 4.79 Å². The minimum Gasteiger partial charge on any atom is -0.403 e. The maximum absolute atomic E-state index is 12.7. The highest BCUT2D eigenvalue weighted by molar-refractivity contribution is 5.79. The van der Waals surface area contributed by atoms with Gasteiger partial charge in [-0.25, -0.2) is 0 Å². The molecule has 0 aliphatic carbocycles. The number of rotatable bonds is 6. The summed E-state index contributed by atoms with van der Waals surface area (Å²) in [5.74, 6) is -0.420. The number of primary amides is 1. The van der Waals surface area contributed by atoms with Gasteiger partial charge in [0.15, 0.2) is 0 Å².